The topological polar surface area (TPSA) is 86.6 Å². The van der Waals surface area contributed by atoms with E-state index in [9.17, 15) is 4.79 Å². The van der Waals surface area contributed by atoms with Gasteiger partial charge in [-0.15, -0.1) is 11.3 Å². The Morgan fingerprint density at radius 2 is 2.05 bits per heavy atom. The Bertz CT molecular complexity index is 454. The lowest BCUT2D eigenvalue weighted by Gasteiger charge is -2.23. The van der Waals surface area contributed by atoms with E-state index in [2.05, 4.69) is 20.6 Å². The highest BCUT2D eigenvalue weighted by Gasteiger charge is 2.14. The molecule has 0 atom stereocenters. The predicted octanol–water partition coefficient (Wildman–Crippen LogP) is 2.70. The van der Waals surface area contributed by atoms with Gasteiger partial charge in [-0.05, 0) is 12.8 Å². The summed E-state index contributed by atoms with van der Waals surface area (Å²) in [7, 11) is 0. The average Bonchev–Trinajstić information content (AvgIpc) is 2.91. The minimum atomic E-state index is -0.937. The van der Waals surface area contributed by atoms with Crippen molar-refractivity contribution in [1.29, 1.82) is 0 Å². The third-order valence-electron chi connectivity index (χ3n) is 3.48. The third kappa shape index (κ3) is 6.12. The fraction of sp³-hybridized carbons (Fsp3) is 0.643. The standard InChI is InChI=1S/C14H22N4O2S/c19-12(20)10-16-13(18-14-15-8-9-21-14)17-11-6-4-2-1-3-5-7-11/h8-9,11H,1-7,10H2,(H,19,20)(H2,15,16,17,18). The second-order valence-corrected chi connectivity index (χ2v) is 6.10. The van der Waals surface area contributed by atoms with Gasteiger partial charge in [0.05, 0.1) is 0 Å². The van der Waals surface area contributed by atoms with Crippen LogP contribution >= 0.6 is 11.3 Å². The first-order chi connectivity index (χ1) is 10.2. The highest BCUT2D eigenvalue weighted by atomic mass is 32.1. The number of hydrogen-bond donors (Lipinski definition) is 3. The Morgan fingerprint density at radius 1 is 1.33 bits per heavy atom. The van der Waals surface area contributed by atoms with E-state index in [4.69, 9.17) is 5.11 Å². The zero-order valence-corrected chi connectivity index (χ0v) is 12.9. The molecule has 3 N–H and O–H groups in total. The van der Waals surface area contributed by atoms with E-state index in [1.54, 1.807) is 6.20 Å². The molecule has 0 aliphatic heterocycles. The summed E-state index contributed by atoms with van der Waals surface area (Å²) < 4.78 is 0. The summed E-state index contributed by atoms with van der Waals surface area (Å²) >= 11 is 1.46. The molecule has 0 spiro atoms. The zero-order valence-electron chi connectivity index (χ0n) is 12.0. The number of aromatic nitrogens is 1. The van der Waals surface area contributed by atoms with Gasteiger partial charge in [0, 0.05) is 17.6 Å². The van der Waals surface area contributed by atoms with Crippen LogP contribution in [0, 0.1) is 0 Å². The lowest BCUT2D eigenvalue weighted by atomic mass is 9.97. The predicted molar refractivity (Wildman–Crippen MR) is 84.9 cm³/mol. The summed E-state index contributed by atoms with van der Waals surface area (Å²) in [4.78, 5) is 19.0. The summed E-state index contributed by atoms with van der Waals surface area (Å²) in [5.41, 5.74) is 0. The van der Waals surface area contributed by atoms with Crippen LogP contribution in [0.5, 0.6) is 0 Å². The highest BCUT2D eigenvalue weighted by Crippen LogP contribution is 2.17. The Labute approximate surface area is 128 Å². The highest BCUT2D eigenvalue weighted by molar-refractivity contribution is 7.13. The minimum Gasteiger partial charge on any atom is -0.480 e. The van der Waals surface area contributed by atoms with Crippen LogP contribution in [0.25, 0.3) is 0 Å². The van der Waals surface area contributed by atoms with Crippen molar-refractivity contribution < 1.29 is 9.90 Å². The molecule has 7 heteroatoms. The smallest absolute Gasteiger partial charge is 0.325 e. The van der Waals surface area contributed by atoms with Gasteiger partial charge in [-0.2, -0.15) is 0 Å². The summed E-state index contributed by atoms with van der Waals surface area (Å²) in [6.45, 7) is -0.243. The largest absolute Gasteiger partial charge is 0.480 e. The summed E-state index contributed by atoms with van der Waals surface area (Å²) in [6.07, 6.45) is 10.2. The van der Waals surface area contributed by atoms with Crippen LogP contribution in [-0.4, -0.2) is 34.6 Å². The van der Waals surface area contributed by atoms with Gasteiger partial charge in [-0.3, -0.25) is 4.79 Å². The van der Waals surface area contributed by atoms with Gasteiger partial charge in [0.2, 0.25) is 0 Å². The molecule has 6 nitrogen and oxygen atoms in total. The molecule has 0 saturated heterocycles. The quantitative estimate of drug-likeness (QED) is 0.588. The van der Waals surface area contributed by atoms with Crippen molar-refractivity contribution >= 4 is 28.4 Å². The van der Waals surface area contributed by atoms with Crippen LogP contribution in [0.3, 0.4) is 0 Å². The van der Waals surface area contributed by atoms with Gasteiger partial charge in [-0.1, -0.05) is 32.1 Å². The van der Waals surface area contributed by atoms with E-state index in [1.165, 1.54) is 43.4 Å². The van der Waals surface area contributed by atoms with Crippen molar-refractivity contribution in [2.75, 3.05) is 11.9 Å². The Morgan fingerprint density at radius 3 is 2.67 bits per heavy atom. The molecule has 0 amide bonds. The molecule has 1 heterocycles. The molecule has 21 heavy (non-hydrogen) atoms. The number of nitrogens with zero attached hydrogens (tertiary/aromatic N) is 2. The first-order valence-corrected chi connectivity index (χ1v) is 8.31. The summed E-state index contributed by atoms with van der Waals surface area (Å²) in [6, 6.07) is 0.352. The molecule has 116 valence electrons. The Kier molecular flexibility index (Phi) is 6.46. The SMILES string of the molecule is O=C(O)CN=C(Nc1nccs1)NC1CCCCCCC1. The molecule has 2 rings (SSSR count). The normalized spacial score (nSPS) is 17.8. The van der Waals surface area contributed by atoms with Crippen LogP contribution < -0.4 is 10.6 Å². The molecule has 0 radical (unpaired) electrons. The molecule has 1 aliphatic rings. The molecule has 1 fully saturated rings. The van der Waals surface area contributed by atoms with Crippen molar-refractivity contribution in [1.82, 2.24) is 10.3 Å². The van der Waals surface area contributed by atoms with E-state index < -0.39 is 5.97 Å². The molecule has 1 aromatic heterocycles. The first kappa shape index (κ1) is 15.8. The number of aliphatic carboxylic acids is 1. The van der Waals surface area contributed by atoms with E-state index in [0.717, 1.165) is 18.0 Å². The Hall–Kier alpha value is -1.63. The van der Waals surface area contributed by atoms with Crippen LogP contribution in [-0.2, 0) is 4.79 Å². The van der Waals surface area contributed by atoms with Crippen molar-refractivity contribution in [3.63, 3.8) is 0 Å². The van der Waals surface area contributed by atoms with Crippen LogP contribution in [0.15, 0.2) is 16.6 Å². The molecule has 0 aromatic carbocycles. The summed E-state index contributed by atoms with van der Waals surface area (Å²) in [5.74, 6) is -0.425. The molecule has 1 aliphatic carbocycles. The van der Waals surface area contributed by atoms with Crippen LogP contribution in [0.4, 0.5) is 5.13 Å². The van der Waals surface area contributed by atoms with Gasteiger partial charge >= 0.3 is 5.97 Å². The van der Waals surface area contributed by atoms with Gasteiger partial charge in [0.15, 0.2) is 11.1 Å². The first-order valence-electron chi connectivity index (χ1n) is 7.43. The van der Waals surface area contributed by atoms with Gasteiger partial charge in [-0.25, -0.2) is 9.98 Å². The number of thiazole rings is 1. The number of rotatable bonds is 4. The molecule has 1 aromatic rings. The van der Waals surface area contributed by atoms with Gasteiger partial charge in [0.25, 0.3) is 0 Å². The number of aliphatic imine (C=N–C) groups is 1. The number of anilines is 1. The van der Waals surface area contributed by atoms with Crippen molar-refractivity contribution in [2.45, 2.75) is 51.0 Å². The number of carboxylic acids is 1. The average molecular weight is 310 g/mol. The maximum atomic E-state index is 10.7. The lowest BCUT2D eigenvalue weighted by molar-refractivity contribution is -0.135. The van der Waals surface area contributed by atoms with Crippen molar-refractivity contribution in [3.8, 4) is 0 Å². The molecule has 0 bridgehead atoms. The second kappa shape index (κ2) is 8.61. The van der Waals surface area contributed by atoms with Crippen LogP contribution in [0.2, 0.25) is 0 Å². The van der Waals surface area contributed by atoms with Crippen molar-refractivity contribution in [2.24, 2.45) is 4.99 Å². The second-order valence-electron chi connectivity index (χ2n) is 5.21. The Balaban J connectivity index is 1.96. The molecular formula is C14H22N4O2S. The maximum Gasteiger partial charge on any atom is 0.325 e. The van der Waals surface area contributed by atoms with E-state index in [0.29, 0.717) is 12.0 Å². The molecule has 0 unspecified atom stereocenters. The lowest BCUT2D eigenvalue weighted by Crippen LogP contribution is -2.40. The van der Waals surface area contributed by atoms with E-state index >= 15 is 0 Å². The molecular weight excluding hydrogens is 288 g/mol. The van der Waals surface area contributed by atoms with E-state index in [1.807, 2.05) is 5.38 Å². The fourth-order valence-corrected chi connectivity index (χ4v) is 2.98. The number of carbonyl (C=O) groups is 1. The number of guanidine groups is 1. The zero-order chi connectivity index (χ0) is 14.9. The summed E-state index contributed by atoms with van der Waals surface area (Å²) in [5, 5.41) is 17.8. The van der Waals surface area contributed by atoms with Crippen molar-refractivity contribution in [3.05, 3.63) is 11.6 Å². The van der Waals surface area contributed by atoms with Gasteiger partial charge < -0.3 is 15.7 Å². The number of hydrogen-bond acceptors (Lipinski definition) is 4. The minimum absolute atomic E-state index is 0.243. The van der Waals surface area contributed by atoms with E-state index in [-0.39, 0.29) is 6.54 Å². The van der Waals surface area contributed by atoms with Crippen LogP contribution in [0.1, 0.15) is 44.9 Å². The fourth-order valence-electron chi connectivity index (χ4n) is 2.45. The number of nitrogens with one attached hydrogen (secondary N) is 2. The van der Waals surface area contributed by atoms with Gasteiger partial charge in [0.1, 0.15) is 6.54 Å². The number of carboxylic acid groups (broad SMARTS) is 1. The maximum absolute atomic E-state index is 10.7. The monoisotopic (exact) mass is 310 g/mol. The third-order valence-corrected chi connectivity index (χ3v) is 4.16. The molecule has 1 saturated carbocycles.